The highest BCUT2D eigenvalue weighted by Gasteiger charge is 2.35. The molecular formula is C25H27O7P. The van der Waals surface area contributed by atoms with Crippen LogP contribution >= 0.6 is 7.82 Å². The normalized spacial score (nSPS) is 21.1. The summed E-state index contributed by atoms with van der Waals surface area (Å²) in [7, 11) is -3.97. The van der Waals surface area contributed by atoms with Gasteiger partial charge in [0.1, 0.15) is 12.2 Å². The van der Waals surface area contributed by atoms with E-state index in [0.717, 1.165) is 16.7 Å². The van der Waals surface area contributed by atoms with Crippen LogP contribution in [0.3, 0.4) is 0 Å². The van der Waals surface area contributed by atoms with Gasteiger partial charge in [-0.15, -0.1) is 0 Å². The van der Waals surface area contributed by atoms with Crippen LogP contribution in [0.25, 0.3) is 0 Å². The lowest BCUT2D eigenvalue weighted by Gasteiger charge is -2.34. The largest absolute Gasteiger partial charge is 0.475 e. The monoisotopic (exact) mass is 470 g/mol. The zero-order valence-electron chi connectivity index (χ0n) is 18.1. The SMILES string of the molecule is O=P(OCc1ccccc1)(OCc1ccccc1)OC[C@H]1OC(c2ccccc2)OC[C@H]1O. The first-order valence-corrected chi connectivity index (χ1v) is 12.2. The molecule has 1 heterocycles. The molecule has 0 spiro atoms. The van der Waals surface area contributed by atoms with E-state index in [1.54, 1.807) is 0 Å². The van der Waals surface area contributed by atoms with E-state index in [-0.39, 0.29) is 26.4 Å². The zero-order chi connectivity index (χ0) is 22.9. The molecule has 1 unspecified atom stereocenters. The Morgan fingerprint density at radius 3 is 1.85 bits per heavy atom. The Kier molecular flexibility index (Phi) is 8.42. The van der Waals surface area contributed by atoms with E-state index in [4.69, 9.17) is 23.0 Å². The summed E-state index contributed by atoms with van der Waals surface area (Å²) in [5, 5.41) is 10.3. The molecule has 0 amide bonds. The second-order valence-electron chi connectivity index (χ2n) is 7.58. The third-order valence-electron chi connectivity index (χ3n) is 5.08. The average molecular weight is 470 g/mol. The third kappa shape index (κ3) is 7.06. The van der Waals surface area contributed by atoms with Crippen molar-refractivity contribution in [1.29, 1.82) is 0 Å². The lowest BCUT2D eigenvalue weighted by molar-refractivity contribution is -0.262. The molecule has 33 heavy (non-hydrogen) atoms. The molecule has 0 bridgehead atoms. The van der Waals surface area contributed by atoms with Crippen LogP contribution in [0.4, 0.5) is 0 Å². The smallest absolute Gasteiger partial charge is 0.388 e. The van der Waals surface area contributed by atoms with Crippen molar-refractivity contribution >= 4 is 7.82 Å². The Bertz CT molecular complexity index is 969. The Morgan fingerprint density at radius 2 is 1.30 bits per heavy atom. The molecule has 1 fully saturated rings. The van der Waals surface area contributed by atoms with Gasteiger partial charge in [-0.2, -0.15) is 0 Å². The predicted octanol–water partition coefficient (Wildman–Crippen LogP) is 5.02. The van der Waals surface area contributed by atoms with Crippen LogP contribution in [0, 0.1) is 0 Å². The summed E-state index contributed by atoms with van der Waals surface area (Å²) >= 11 is 0. The molecule has 0 radical (unpaired) electrons. The van der Waals surface area contributed by atoms with E-state index in [0.29, 0.717) is 0 Å². The molecule has 3 aromatic carbocycles. The summed E-state index contributed by atoms with van der Waals surface area (Å²) in [6.07, 6.45) is -2.36. The highest BCUT2D eigenvalue weighted by Crippen LogP contribution is 2.51. The number of aliphatic hydroxyl groups excluding tert-OH is 1. The molecule has 8 heteroatoms. The van der Waals surface area contributed by atoms with Gasteiger partial charge in [0.05, 0.1) is 26.4 Å². The van der Waals surface area contributed by atoms with Crippen LogP contribution in [-0.2, 0) is 40.8 Å². The second kappa shape index (κ2) is 11.7. The van der Waals surface area contributed by atoms with E-state index < -0.39 is 26.3 Å². The zero-order valence-corrected chi connectivity index (χ0v) is 19.0. The standard InChI is InChI=1S/C25H27O7P/c26-23-18-28-25(22-14-8-3-9-15-22)32-24(23)19-31-33(27,29-16-20-10-4-1-5-11-20)30-17-21-12-6-2-7-13-21/h1-15,23-26H,16-19H2/t23-,24-,25?/m1/s1. The Labute approximate surface area is 193 Å². The van der Waals surface area contributed by atoms with E-state index >= 15 is 0 Å². The summed E-state index contributed by atoms with van der Waals surface area (Å²) < 4.78 is 41.8. The van der Waals surface area contributed by atoms with E-state index in [1.807, 2.05) is 91.0 Å². The lowest BCUT2D eigenvalue weighted by Crippen LogP contribution is -2.43. The van der Waals surface area contributed by atoms with Crippen LogP contribution in [0.2, 0.25) is 0 Å². The lowest BCUT2D eigenvalue weighted by atomic mass is 10.1. The number of phosphoric ester groups is 1. The fourth-order valence-corrected chi connectivity index (χ4v) is 4.42. The maximum atomic E-state index is 13.4. The number of ether oxygens (including phenoxy) is 2. The minimum atomic E-state index is -3.97. The summed E-state index contributed by atoms with van der Waals surface area (Å²) in [5.41, 5.74) is 2.48. The third-order valence-corrected chi connectivity index (χ3v) is 6.43. The molecule has 0 aliphatic carbocycles. The van der Waals surface area contributed by atoms with Gasteiger partial charge >= 0.3 is 7.82 Å². The van der Waals surface area contributed by atoms with Crippen molar-refractivity contribution < 1.29 is 32.7 Å². The van der Waals surface area contributed by atoms with Crippen molar-refractivity contribution in [3.8, 4) is 0 Å². The molecule has 0 saturated carbocycles. The Morgan fingerprint density at radius 1 is 0.788 bits per heavy atom. The molecule has 1 aliphatic rings. The molecule has 7 nitrogen and oxygen atoms in total. The van der Waals surface area contributed by atoms with Crippen molar-refractivity contribution in [3.05, 3.63) is 108 Å². The number of hydrogen-bond acceptors (Lipinski definition) is 7. The molecule has 0 aromatic heterocycles. The highest BCUT2D eigenvalue weighted by atomic mass is 31.2. The van der Waals surface area contributed by atoms with Crippen LogP contribution in [0.15, 0.2) is 91.0 Å². The molecule has 1 aliphatic heterocycles. The van der Waals surface area contributed by atoms with Gasteiger partial charge in [-0.25, -0.2) is 4.57 Å². The van der Waals surface area contributed by atoms with Crippen molar-refractivity contribution in [2.45, 2.75) is 31.7 Å². The number of benzene rings is 3. The van der Waals surface area contributed by atoms with Crippen molar-refractivity contribution in [1.82, 2.24) is 0 Å². The summed E-state index contributed by atoms with van der Waals surface area (Å²) in [5.74, 6) is 0. The van der Waals surface area contributed by atoms with Gasteiger partial charge in [-0.1, -0.05) is 91.0 Å². The van der Waals surface area contributed by atoms with Gasteiger partial charge in [-0.05, 0) is 11.1 Å². The minimum Gasteiger partial charge on any atom is -0.388 e. The molecule has 3 atom stereocenters. The van der Waals surface area contributed by atoms with Crippen LogP contribution < -0.4 is 0 Å². The summed E-state index contributed by atoms with van der Waals surface area (Å²) in [6.45, 7) is -0.0180. The van der Waals surface area contributed by atoms with Crippen LogP contribution in [0.5, 0.6) is 0 Å². The Hall–Kier alpha value is -2.35. The van der Waals surface area contributed by atoms with Gasteiger partial charge in [-0.3, -0.25) is 13.6 Å². The first kappa shape index (κ1) is 23.8. The predicted molar refractivity (Wildman–Crippen MR) is 122 cm³/mol. The van der Waals surface area contributed by atoms with Gasteiger partial charge in [0.15, 0.2) is 6.29 Å². The quantitative estimate of drug-likeness (QED) is 0.417. The first-order chi connectivity index (χ1) is 16.1. The number of hydrogen-bond donors (Lipinski definition) is 1. The Balaban J connectivity index is 1.41. The number of aliphatic hydroxyl groups is 1. The topological polar surface area (TPSA) is 83.5 Å². The van der Waals surface area contributed by atoms with Gasteiger partial charge < -0.3 is 14.6 Å². The molecule has 174 valence electrons. The fraction of sp³-hybridized carbons (Fsp3) is 0.280. The van der Waals surface area contributed by atoms with Crippen LogP contribution in [-0.4, -0.2) is 30.5 Å². The highest BCUT2D eigenvalue weighted by molar-refractivity contribution is 7.48. The fourth-order valence-electron chi connectivity index (χ4n) is 3.25. The minimum absolute atomic E-state index is 0.0523. The molecule has 4 rings (SSSR count). The molecular weight excluding hydrogens is 443 g/mol. The first-order valence-electron chi connectivity index (χ1n) is 10.7. The molecule has 3 aromatic rings. The average Bonchev–Trinajstić information content (AvgIpc) is 2.88. The maximum absolute atomic E-state index is 13.4. The van der Waals surface area contributed by atoms with Crippen molar-refractivity contribution in [2.75, 3.05) is 13.2 Å². The van der Waals surface area contributed by atoms with Crippen molar-refractivity contribution in [2.24, 2.45) is 0 Å². The van der Waals surface area contributed by atoms with E-state index in [1.165, 1.54) is 0 Å². The van der Waals surface area contributed by atoms with Crippen LogP contribution in [0.1, 0.15) is 23.0 Å². The van der Waals surface area contributed by atoms with Gasteiger partial charge in [0.2, 0.25) is 0 Å². The van der Waals surface area contributed by atoms with Gasteiger partial charge in [0, 0.05) is 5.56 Å². The second-order valence-corrected chi connectivity index (χ2v) is 9.25. The van der Waals surface area contributed by atoms with E-state index in [9.17, 15) is 9.67 Å². The number of rotatable bonds is 10. The molecule has 1 saturated heterocycles. The number of phosphoric acid groups is 1. The summed E-state index contributed by atoms with van der Waals surface area (Å²) in [6, 6.07) is 28.1. The maximum Gasteiger partial charge on any atom is 0.475 e. The summed E-state index contributed by atoms with van der Waals surface area (Å²) in [4.78, 5) is 0. The van der Waals surface area contributed by atoms with Gasteiger partial charge in [0.25, 0.3) is 0 Å². The molecule has 1 N–H and O–H groups in total. The van der Waals surface area contributed by atoms with E-state index in [2.05, 4.69) is 0 Å². The van der Waals surface area contributed by atoms with Crippen molar-refractivity contribution in [3.63, 3.8) is 0 Å².